The van der Waals surface area contributed by atoms with Crippen LogP contribution in [0.3, 0.4) is 0 Å². The Kier molecular flexibility index (Phi) is 6.27. The van der Waals surface area contributed by atoms with E-state index in [2.05, 4.69) is 27.1 Å². The highest BCUT2D eigenvalue weighted by atomic mass is 35.5. The SMILES string of the molecule is COc1cc2ccnc(Cl)c2cc1O[C@@H]1C[C@H](C)N(Cc2sc(NC(C)=O)nc2F)C1. The molecule has 0 aliphatic carbocycles. The number of nitrogens with one attached hydrogen (secondary N) is 1. The number of fused-ring (bicyclic) bond motifs is 1. The molecule has 1 aliphatic rings. The minimum absolute atomic E-state index is 0.0948. The van der Waals surface area contributed by atoms with Gasteiger partial charge in [-0.3, -0.25) is 9.69 Å². The average molecular weight is 465 g/mol. The Morgan fingerprint density at radius 1 is 1.42 bits per heavy atom. The molecule has 1 aliphatic heterocycles. The number of pyridine rings is 1. The van der Waals surface area contributed by atoms with Crippen LogP contribution in [0.25, 0.3) is 10.8 Å². The summed E-state index contributed by atoms with van der Waals surface area (Å²) >= 11 is 7.39. The van der Waals surface area contributed by atoms with Crippen LogP contribution in [0.1, 0.15) is 25.1 Å². The second kappa shape index (κ2) is 8.94. The summed E-state index contributed by atoms with van der Waals surface area (Å²) in [5.41, 5.74) is 0. The van der Waals surface area contributed by atoms with Gasteiger partial charge in [-0.1, -0.05) is 22.9 Å². The predicted octanol–water partition coefficient (Wildman–Crippen LogP) is 4.49. The van der Waals surface area contributed by atoms with Gasteiger partial charge in [0, 0.05) is 44.1 Å². The topological polar surface area (TPSA) is 76.6 Å². The summed E-state index contributed by atoms with van der Waals surface area (Å²) in [4.78, 5) is 21.7. The van der Waals surface area contributed by atoms with Crippen LogP contribution < -0.4 is 14.8 Å². The monoisotopic (exact) mass is 464 g/mol. The van der Waals surface area contributed by atoms with Crippen LogP contribution in [-0.2, 0) is 11.3 Å². The maximum atomic E-state index is 14.2. The summed E-state index contributed by atoms with van der Waals surface area (Å²) < 4.78 is 26.0. The van der Waals surface area contributed by atoms with Gasteiger partial charge in [-0.25, -0.2) is 4.98 Å². The van der Waals surface area contributed by atoms with Gasteiger partial charge in [-0.05, 0) is 30.5 Å². The second-order valence-electron chi connectivity index (χ2n) is 7.49. The normalized spacial score (nSPS) is 19.0. The molecule has 164 valence electrons. The number of hydrogen-bond donors (Lipinski definition) is 1. The van der Waals surface area contributed by atoms with E-state index in [-0.39, 0.29) is 23.2 Å². The third-order valence-electron chi connectivity index (χ3n) is 5.24. The molecule has 1 N–H and O–H groups in total. The van der Waals surface area contributed by atoms with Crippen LogP contribution in [0.15, 0.2) is 24.4 Å². The maximum Gasteiger partial charge on any atom is 0.230 e. The molecule has 10 heteroatoms. The van der Waals surface area contributed by atoms with Crippen molar-refractivity contribution in [3.05, 3.63) is 40.4 Å². The first kappa shape index (κ1) is 21.7. The van der Waals surface area contributed by atoms with Crippen molar-refractivity contribution >= 4 is 44.7 Å². The lowest BCUT2D eigenvalue weighted by atomic mass is 10.1. The van der Waals surface area contributed by atoms with Gasteiger partial charge < -0.3 is 14.8 Å². The molecule has 1 fully saturated rings. The lowest BCUT2D eigenvalue weighted by Crippen LogP contribution is -2.28. The molecule has 0 spiro atoms. The number of halogens is 2. The van der Waals surface area contributed by atoms with E-state index in [1.807, 2.05) is 18.2 Å². The molecule has 3 aromatic rings. The van der Waals surface area contributed by atoms with Crippen molar-refractivity contribution in [2.75, 3.05) is 19.0 Å². The Morgan fingerprint density at radius 2 is 2.23 bits per heavy atom. The summed E-state index contributed by atoms with van der Waals surface area (Å²) in [7, 11) is 1.60. The third-order valence-corrected chi connectivity index (χ3v) is 6.47. The van der Waals surface area contributed by atoms with Crippen molar-refractivity contribution in [2.24, 2.45) is 0 Å². The standard InChI is InChI=1S/C21H22ClFN4O3S/c1-11-6-14(9-27(11)10-18-20(23)26-21(31-18)25-12(2)28)30-17-8-15-13(7-16(17)29-3)4-5-24-19(15)22/h4-5,7-8,11,14H,6,9-10H2,1-3H3,(H,25,26,28)/t11-,14+/m0/s1. The van der Waals surface area contributed by atoms with E-state index in [9.17, 15) is 9.18 Å². The van der Waals surface area contributed by atoms with E-state index in [1.54, 1.807) is 13.3 Å². The van der Waals surface area contributed by atoms with Crippen LogP contribution in [0, 0.1) is 5.95 Å². The van der Waals surface area contributed by atoms with E-state index in [0.29, 0.717) is 34.6 Å². The number of benzene rings is 1. The first-order chi connectivity index (χ1) is 14.8. The van der Waals surface area contributed by atoms with Crippen molar-refractivity contribution in [1.29, 1.82) is 0 Å². The summed E-state index contributed by atoms with van der Waals surface area (Å²) in [6, 6.07) is 5.78. The number of nitrogens with zero attached hydrogens (tertiary/aromatic N) is 3. The Morgan fingerprint density at radius 3 is 2.97 bits per heavy atom. The van der Waals surface area contributed by atoms with Gasteiger partial charge in [0.25, 0.3) is 0 Å². The van der Waals surface area contributed by atoms with E-state index in [4.69, 9.17) is 21.1 Å². The Labute approximate surface area is 188 Å². The number of thiazole rings is 1. The maximum absolute atomic E-state index is 14.2. The fourth-order valence-electron chi connectivity index (χ4n) is 3.75. The summed E-state index contributed by atoms with van der Waals surface area (Å²) in [6.07, 6.45) is 2.33. The summed E-state index contributed by atoms with van der Waals surface area (Å²) in [5, 5.41) is 4.91. The Bertz CT molecular complexity index is 1130. The van der Waals surface area contributed by atoms with Crippen LogP contribution >= 0.6 is 22.9 Å². The molecule has 2 atom stereocenters. The van der Waals surface area contributed by atoms with E-state index < -0.39 is 5.95 Å². The first-order valence-corrected chi connectivity index (χ1v) is 11.0. The molecular weight excluding hydrogens is 443 g/mol. The molecule has 2 aromatic heterocycles. The molecule has 1 amide bonds. The van der Waals surface area contributed by atoms with Gasteiger partial charge in [-0.2, -0.15) is 9.37 Å². The summed E-state index contributed by atoms with van der Waals surface area (Å²) in [5.74, 6) is 0.391. The predicted molar refractivity (Wildman–Crippen MR) is 119 cm³/mol. The highest BCUT2D eigenvalue weighted by molar-refractivity contribution is 7.15. The highest BCUT2D eigenvalue weighted by Gasteiger charge is 2.32. The van der Waals surface area contributed by atoms with Gasteiger partial charge in [0.2, 0.25) is 11.9 Å². The van der Waals surface area contributed by atoms with Crippen LogP contribution in [0.5, 0.6) is 11.5 Å². The molecule has 0 radical (unpaired) electrons. The number of methoxy groups -OCH3 is 1. The van der Waals surface area contributed by atoms with Crippen molar-refractivity contribution in [2.45, 2.75) is 39.0 Å². The van der Waals surface area contributed by atoms with Gasteiger partial charge in [0.05, 0.1) is 12.0 Å². The minimum atomic E-state index is -0.552. The zero-order chi connectivity index (χ0) is 22.1. The molecule has 1 aromatic carbocycles. The van der Waals surface area contributed by atoms with Crippen LogP contribution in [0.4, 0.5) is 9.52 Å². The molecule has 0 bridgehead atoms. The number of hydrogen-bond acceptors (Lipinski definition) is 7. The van der Waals surface area contributed by atoms with E-state index in [1.165, 1.54) is 6.92 Å². The molecule has 0 unspecified atom stereocenters. The van der Waals surface area contributed by atoms with Gasteiger partial charge >= 0.3 is 0 Å². The molecule has 3 heterocycles. The number of aromatic nitrogens is 2. The van der Waals surface area contributed by atoms with Crippen LogP contribution in [0.2, 0.25) is 5.15 Å². The molecule has 0 saturated carbocycles. The Hall–Kier alpha value is -2.49. The van der Waals surface area contributed by atoms with Crippen molar-refractivity contribution in [1.82, 2.24) is 14.9 Å². The number of carbonyl (C=O) groups is 1. The first-order valence-electron chi connectivity index (χ1n) is 9.79. The largest absolute Gasteiger partial charge is 0.493 e. The molecule has 4 rings (SSSR count). The van der Waals surface area contributed by atoms with Crippen molar-refractivity contribution in [3.63, 3.8) is 0 Å². The fourth-order valence-corrected chi connectivity index (χ4v) is 4.88. The third kappa shape index (κ3) is 4.73. The molecular formula is C21H22ClFN4O3S. The van der Waals surface area contributed by atoms with E-state index >= 15 is 0 Å². The smallest absolute Gasteiger partial charge is 0.230 e. The van der Waals surface area contributed by atoms with E-state index in [0.717, 1.165) is 28.5 Å². The number of likely N-dealkylation sites (tertiary alicyclic amines) is 1. The van der Waals surface area contributed by atoms with Crippen molar-refractivity contribution in [3.8, 4) is 11.5 Å². The zero-order valence-corrected chi connectivity index (χ0v) is 18.9. The van der Waals surface area contributed by atoms with Crippen molar-refractivity contribution < 1.29 is 18.7 Å². The number of rotatable bonds is 6. The number of carbonyl (C=O) groups excluding carboxylic acids is 1. The van der Waals surface area contributed by atoms with Gasteiger partial charge in [0.1, 0.15) is 11.3 Å². The lowest BCUT2D eigenvalue weighted by molar-refractivity contribution is -0.114. The van der Waals surface area contributed by atoms with Crippen LogP contribution in [-0.4, -0.2) is 46.6 Å². The lowest BCUT2D eigenvalue weighted by Gasteiger charge is -2.20. The highest BCUT2D eigenvalue weighted by Crippen LogP contribution is 2.37. The fraction of sp³-hybridized carbons (Fsp3) is 0.381. The quantitative estimate of drug-likeness (QED) is 0.541. The Balaban J connectivity index is 1.49. The van der Waals surface area contributed by atoms with Gasteiger partial charge in [0.15, 0.2) is 16.6 Å². The second-order valence-corrected chi connectivity index (χ2v) is 8.94. The summed E-state index contributed by atoms with van der Waals surface area (Å²) in [6.45, 7) is 4.47. The molecule has 1 saturated heterocycles. The van der Waals surface area contributed by atoms with Gasteiger partial charge in [-0.15, -0.1) is 0 Å². The number of amides is 1. The zero-order valence-electron chi connectivity index (χ0n) is 17.3. The molecule has 7 nitrogen and oxygen atoms in total. The number of anilines is 1. The average Bonchev–Trinajstić information content (AvgIpc) is 3.23. The molecule has 31 heavy (non-hydrogen) atoms. The minimum Gasteiger partial charge on any atom is -0.493 e. The number of ether oxygens (including phenoxy) is 2.